The molecule has 0 aromatic heterocycles. The molecular formula is C32H38N2O. The van der Waals surface area contributed by atoms with Crippen molar-refractivity contribution in [2.45, 2.75) is 46.1 Å². The molecule has 1 atom stereocenters. The van der Waals surface area contributed by atoms with Crippen molar-refractivity contribution in [2.75, 3.05) is 31.1 Å². The summed E-state index contributed by atoms with van der Waals surface area (Å²) in [5, 5.41) is 9.87. The number of phenols is 1. The molecule has 1 N–H and O–H groups in total. The van der Waals surface area contributed by atoms with E-state index in [2.05, 4.69) is 79.0 Å². The quantitative estimate of drug-likeness (QED) is 0.390. The van der Waals surface area contributed by atoms with Crippen LogP contribution in [0.3, 0.4) is 0 Å². The molecule has 0 aliphatic carbocycles. The van der Waals surface area contributed by atoms with Crippen LogP contribution in [0.1, 0.15) is 54.1 Å². The van der Waals surface area contributed by atoms with Crippen LogP contribution >= 0.6 is 0 Å². The van der Waals surface area contributed by atoms with E-state index in [4.69, 9.17) is 6.42 Å². The number of terminal acetylenes is 1. The van der Waals surface area contributed by atoms with Crippen LogP contribution in [0.4, 0.5) is 5.69 Å². The van der Waals surface area contributed by atoms with Crippen LogP contribution in [0.5, 0.6) is 5.75 Å². The van der Waals surface area contributed by atoms with Crippen LogP contribution in [-0.4, -0.2) is 36.2 Å². The fourth-order valence-corrected chi connectivity index (χ4v) is 5.02. The normalized spacial score (nSPS) is 16.4. The minimum atomic E-state index is 0.244. The third-order valence-electron chi connectivity index (χ3n) is 7.16. The maximum atomic E-state index is 9.87. The molecule has 182 valence electrons. The number of rotatable bonds is 8. The predicted molar refractivity (Wildman–Crippen MR) is 147 cm³/mol. The van der Waals surface area contributed by atoms with Gasteiger partial charge in [0.05, 0.1) is 6.04 Å². The van der Waals surface area contributed by atoms with Gasteiger partial charge in [-0.25, -0.2) is 0 Å². The number of aromatic hydroxyl groups is 1. The van der Waals surface area contributed by atoms with E-state index in [9.17, 15) is 5.11 Å². The minimum absolute atomic E-state index is 0.244. The van der Waals surface area contributed by atoms with Gasteiger partial charge in [-0.2, -0.15) is 0 Å². The highest BCUT2D eigenvalue weighted by Crippen LogP contribution is 2.34. The highest BCUT2D eigenvalue weighted by Gasteiger charge is 2.29. The van der Waals surface area contributed by atoms with Crippen LogP contribution in [-0.2, 0) is 12.8 Å². The fourth-order valence-electron chi connectivity index (χ4n) is 5.02. The number of hydrogen-bond acceptors (Lipinski definition) is 3. The maximum Gasteiger partial charge on any atom is 0.115 e. The molecule has 3 heteroatoms. The highest BCUT2D eigenvalue weighted by molar-refractivity contribution is 5.57. The average molecular weight is 467 g/mol. The Hall–Kier alpha value is -3.22. The van der Waals surface area contributed by atoms with E-state index in [0.29, 0.717) is 5.75 Å². The number of aryl methyl sites for hydroxylation is 2. The zero-order chi connectivity index (χ0) is 24.8. The van der Waals surface area contributed by atoms with Gasteiger partial charge in [-0.1, -0.05) is 56.2 Å². The van der Waals surface area contributed by atoms with Crippen molar-refractivity contribution in [1.82, 2.24) is 4.90 Å². The Morgan fingerprint density at radius 1 is 0.943 bits per heavy atom. The van der Waals surface area contributed by atoms with Crippen LogP contribution in [0.25, 0.3) is 0 Å². The number of phenolic OH excluding ortho intramolecular Hbond substituents is 1. The number of piperazine rings is 1. The first-order valence-electron chi connectivity index (χ1n) is 12.9. The lowest BCUT2D eigenvalue weighted by molar-refractivity contribution is 0.225. The number of benzene rings is 3. The van der Waals surface area contributed by atoms with E-state index >= 15 is 0 Å². The molecule has 0 radical (unpaired) electrons. The van der Waals surface area contributed by atoms with Crippen molar-refractivity contribution in [3.8, 4) is 18.1 Å². The third-order valence-corrected chi connectivity index (χ3v) is 7.16. The summed E-state index contributed by atoms with van der Waals surface area (Å²) in [5.41, 5.74) is 7.59. The lowest BCUT2D eigenvalue weighted by Crippen LogP contribution is -2.49. The van der Waals surface area contributed by atoms with Crippen molar-refractivity contribution < 1.29 is 5.11 Å². The van der Waals surface area contributed by atoms with Crippen LogP contribution < -0.4 is 4.90 Å². The first-order chi connectivity index (χ1) is 16.9. The molecule has 1 aliphatic rings. The average Bonchev–Trinajstić information content (AvgIpc) is 2.87. The molecule has 0 saturated carbocycles. The van der Waals surface area contributed by atoms with Gasteiger partial charge in [-0.15, -0.1) is 6.42 Å². The molecule has 3 nitrogen and oxygen atoms in total. The van der Waals surface area contributed by atoms with Crippen LogP contribution in [0, 0.1) is 25.2 Å². The summed E-state index contributed by atoms with van der Waals surface area (Å²) in [6.45, 7) is 10.8. The van der Waals surface area contributed by atoms with Crippen molar-refractivity contribution >= 4 is 5.69 Å². The van der Waals surface area contributed by atoms with E-state index in [-0.39, 0.29) is 6.04 Å². The third kappa shape index (κ3) is 6.47. The van der Waals surface area contributed by atoms with Gasteiger partial charge in [0, 0.05) is 37.4 Å². The summed E-state index contributed by atoms with van der Waals surface area (Å²) >= 11 is 0. The second-order valence-electron chi connectivity index (χ2n) is 10.2. The van der Waals surface area contributed by atoms with Crippen LogP contribution in [0.15, 0.2) is 66.7 Å². The Morgan fingerprint density at radius 3 is 2.31 bits per heavy atom. The predicted octanol–water partition coefficient (Wildman–Crippen LogP) is 6.38. The molecule has 35 heavy (non-hydrogen) atoms. The first-order valence-corrected chi connectivity index (χ1v) is 12.9. The topological polar surface area (TPSA) is 26.7 Å². The summed E-state index contributed by atoms with van der Waals surface area (Å²) in [5.74, 6) is 3.73. The highest BCUT2D eigenvalue weighted by atomic mass is 16.3. The minimum Gasteiger partial charge on any atom is -0.508 e. The van der Waals surface area contributed by atoms with Gasteiger partial charge in [0.25, 0.3) is 0 Å². The Balaban J connectivity index is 1.51. The standard InChI is InChI=1S/C32H38N2O/c1-5-26-8-10-27(11-9-26)18-19-33-20-21-34(32(23-33)29-13-15-30(35)16-14-29)31-17-12-28(22-25(31)4)7-6-24(2)3/h1,8-17,22,24,32,35H,6-7,18-21,23H2,2-4H3/t32-/m0/s1. The van der Waals surface area contributed by atoms with Gasteiger partial charge in [0.15, 0.2) is 0 Å². The summed E-state index contributed by atoms with van der Waals surface area (Å²) in [6.07, 6.45) is 8.87. The number of anilines is 1. The monoisotopic (exact) mass is 466 g/mol. The van der Waals surface area contributed by atoms with Crippen molar-refractivity contribution in [3.63, 3.8) is 0 Å². The largest absolute Gasteiger partial charge is 0.508 e. The molecule has 3 aromatic carbocycles. The molecule has 0 spiro atoms. The van der Waals surface area contributed by atoms with Gasteiger partial charge in [0.1, 0.15) is 5.75 Å². The smallest absolute Gasteiger partial charge is 0.115 e. The van der Waals surface area contributed by atoms with E-state index in [1.165, 1.54) is 34.4 Å². The van der Waals surface area contributed by atoms with Gasteiger partial charge in [-0.3, -0.25) is 4.90 Å². The summed E-state index contributed by atoms with van der Waals surface area (Å²) in [4.78, 5) is 5.13. The molecular weight excluding hydrogens is 428 g/mol. The zero-order valence-electron chi connectivity index (χ0n) is 21.4. The maximum absolute atomic E-state index is 9.87. The fraction of sp³-hybridized carbons (Fsp3) is 0.375. The molecule has 3 aromatic rings. The Bertz CT molecular complexity index is 1140. The lowest BCUT2D eigenvalue weighted by Gasteiger charge is -2.44. The Labute approximate surface area is 211 Å². The molecule has 1 saturated heterocycles. The molecule has 0 amide bonds. The van der Waals surface area contributed by atoms with E-state index in [1.807, 2.05) is 12.1 Å². The van der Waals surface area contributed by atoms with E-state index in [1.54, 1.807) is 12.1 Å². The Kier molecular flexibility index (Phi) is 8.16. The summed E-state index contributed by atoms with van der Waals surface area (Å²) < 4.78 is 0. The number of nitrogens with zero attached hydrogens (tertiary/aromatic N) is 2. The lowest BCUT2D eigenvalue weighted by atomic mass is 9.97. The summed E-state index contributed by atoms with van der Waals surface area (Å²) in [6, 6.07) is 23.4. The van der Waals surface area contributed by atoms with Gasteiger partial charge >= 0.3 is 0 Å². The van der Waals surface area contributed by atoms with Gasteiger partial charge in [0.2, 0.25) is 0 Å². The number of hydrogen-bond donors (Lipinski definition) is 1. The molecule has 4 rings (SSSR count). The van der Waals surface area contributed by atoms with E-state index in [0.717, 1.165) is 50.5 Å². The van der Waals surface area contributed by atoms with Crippen molar-refractivity contribution in [2.24, 2.45) is 5.92 Å². The first kappa shape index (κ1) is 24.9. The Morgan fingerprint density at radius 2 is 1.66 bits per heavy atom. The van der Waals surface area contributed by atoms with E-state index < -0.39 is 0 Å². The molecule has 1 aliphatic heterocycles. The van der Waals surface area contributed by atoms with Crippen molar-refractivity contribution in [3.05, 3.63) is 94.5 Å². The summed E-state index contributed by atoms with van der Waals surface area (Å²) in [7, 11) is 0. The second kappa shape index (κ2) is 11.5. The van der Waals surface area contributed by atoms with Gasteiger partial charge in [-0.05, 0) is 84.7 Å². The molecule has 1 heterocycles. The zero-order valence-corrected chi connectivity index (χ0v) is 21.4. The van der Waals surface area contributed by atoms with Crippen molar-refractivity contribution in [1.29, 1.82) is 0 Å². The second-order valence-corrected chi connectivity index (χ2v) is 10.2. The SMILES string of the molecule is C#Cc1ccc(CCN2CCN(c3ccc(CCC(C)C)cc3C)[C@H](c3ccc(O)cc3)C2)cc1. The molecule has 0 unspecified atom stereocenters. The molecule has 0 bridgehead atoms. The van der Waals surface area contributed by atoms with Gasteiger partial charge < -0.3 is 10.0 Å². The molecule has 1 fully saturated rings. The van der Waals surface area contributed by atoms with Crippen LogP contribution in [0.2, 0.25) is 0 Å².